The Morgan fingerprint density at radius 1 is 0.972 bits per heavy atom. The third kappa shape index (κ3) is 7.67. The highest BCUT2D eigenvalue weighted by Crippen LogP contribution is 2.19. The van der Waals surface area contributed by atoms with E-state index >= 15 is 0 Å². The van der Waals surface area contributed by atoms with Crippen LogP contribution in [0.3, 0.4) is 0 Å². The molecule has 3 aromatic rings. The van der Waals surface area contributed by atoms with E-state index in [2.05, 4.69) is 5.32 Å². The van der Waals surface area contributed by atoms with Crippen LogP contribution in [0, 0.1) is 19.7 Å². The van der Waals surface area contributed by atoms with Crippen LogP contribution in [0.5, 0.6) is 5.75 Å². The standard InChI is InChI=1S/C30H35FN2O3/c1-4-5-17-32-30(35)28(19-24-11-7-6-8-12-24)33(20-25-13-9-10-14-27(25)31)29(34)21-36-26-16-15-22(2)23(3)18-26/h6-16,18,28H,4-5,17,19-21H2,1-3H3,(H,32,35). The second-order valence-corrected chi connectivity index (χ2v) is 9.00. The van der Waals surface area contributed by atoms with Crippen LogP contribution >= 0.6 is 0 Å². The van der Waals surface area contributed by atoms with Gasteiger partial charge in [-0.3, -0.25) is 9.59 Å². The number of benzene rings is 3. The smallest absolute Gasteiger partial charge is 0.261 e. The lowest BCUT2D eigenvalue weighted by Gasteiger charge is -2.31. The maximum atomic E-state index is 14.6. The molecule has 1 unspecified atom stereocenters. The van der Waals surface area contributed by atoms with Crippen molar-refractivity contribution in [2.75, 3.05) is 13.2 Å². The fourth-order valence-corrected chi connectivity index (χ4v) is 3.90. The number of hydrogen-bond acceptors (Lipinski definition) is 3. The Morgan fingerprint density at radius 2 is 1.69 bits per heavy atom. The molecule has 0 saturated heterocycles. The highest BCUT2D eigenvalue weighted by Gasteiger charge is 2.31. The van der Waals surface area contributed by atoms with E-state index in [1.54, 1.807) is 18.2 Å². The van der Waals surface area contributed by atoms with Crippen LogP contribution in [0.25, 0.3) is 0 Å². The molecule has 0 aromatic heterocycles. The summed E-state index contributed by atoms with van der Waals surface area (Å²) in [7, 11) is 0. The van der Waals surface area contributed by atoms with Gasteiger partial charge in [-0.05, 0) is 55.2 Å². The van der Waals surface area contributed by atoms with E-state index in [0.717, 1.165) is 29.5 Å². The highest BCUT2D eigenvalue weighted by molar-refractivity contribution is 5.88. The molecule has 0 heterocycles. The maximum absolute atomic E-state index is 14.6. The Hall–Kier alpha value is -3.67. The van der Waals surface area contributed by atoms with Gasteiger partial charge in [-0.1, -0.05) is 67.9 Å². The van der Waals surface area contributed by atoms with Gasteiger partial charge >= 0.3 is 0 Å². The topological polar surface area (TPSA) is 58.6 Å². The molecule has 1 N–H and O–H groups in total. The molecule has 0 aliphatic carbocycles. The second kappa shape index (κ2) is 13.4. The Morgan fingerprint density at radius 3 is 2.39 bits per heavy atom. The van der Waals surface area contributed by atoms with Gasteiger partial charge in [0.25, 0.3) is 5.91 Å². The number of halogens is 1. The third-order valence-corrected chi connectivity index (χ3v) is 6.24. The van der Waals surface area contributed by atoms with Crippen molar-refractivity contribution in [3.63, 3.8) is 0 Å². The number of carbonyl (C=O) groups is 2. The minimum atomic E-state index is -0.820. The van der Waals surface area contributed by atoms with E-state index in [0.29, 0.717) is 24.3 Å². The summed E-state index contributed by atoms with van der Waals surface area (Å²) in [6.45, 7) is 6.25. The van der Waals surface area contributed by atoms with E-state index in [9.17, 15) is 14.0 Å². The summed E-state index contributed by atoms with van der Waals surface area (Å²) in [5.74, 6) is -0.495. The lowest BCUT2D eigenvalue weighted by Crippen LogP contribution is -2.52. The van der Waals surface area contributed by atoms with Crippen molar-refractivity contribution < 1.29 is 18.7 Å². The molecule has 0 aliphatic heterocycles. The average Bonchev–Trinajstić information content (AvgIpc) is 2.88. The van der Waals surface area contributed by atoms with E-state index < -0.39 is 11.9 Å². The predicted octanol–water partition coefficient (Wildman–Crippen LogP) is 5.38. The molecule has 3 aromatic carbocycles. The van der Waals surface area contributed by atoms with Crippen molar-refractivity contribution in [1.82, 2.24) is 10.2 Å². The normalized spacial score (nSPS) is 11.6. The Balaban J connectivity index is 1.89. The molecule has 6 heteroatoms. The summed E-state index contributed by atoms with van der Waals surface area (Å²) < 4.78 is 20.4. The summed E-state index contributed by atoms with van der Waals surface area (Å²) >= 11 is 0. The first-order valence-corrected chi connectivity index (χ1v) is 12.4. The number of hydrogen-bond donors (Lipinski definition) is 1. The van der Waals surface area contributed by atoms with E-state index in [1.807, 2.05) is 69.3 Å². The number of rotatable bonds is 12. The van der Waals surface area contributed by atoms with Crippen LogP contribution in [-0.4, -0.2) is 35.9 Å². The summed E-state index contributed by atoms with van der Waals surface area (Å²) in [5, 5.41) is 2.96. The number of ether oxygens (including phenoxy) is 1. The predicted molar refractivity (Wildman–Crippen MR) is 140 cm³/mol. The van der Waals surface area contributed by atoms with Crippen LogP contribution in [0.2, 0.25) is 0 Å². The Labute approximate surface area is 213 Å². The first-order valence-electron chi connectivity index (χ1n) is 12.4. The van der Waals surface area contributed by atoms with Gasteiger partial charge < -0.3 is 15.0 Å². The molecule has 0 saturated carbocycles. The van der Waals surface area contributed by atoms with Crippen LogP contribution in [0.4, 0.5) is 4.39 Å². The lowest BCUT2D eigenvalue weighted by atomic mass is 10.0. The first-order chi connectivity index (χ1) is 17.4. The minimum absolute atomic E-state index is 0.0412. The van der Waals surface area contributed by atoms with Crippen molar-refractivity contribution in [2.24, 2.45) is 0 Å². The van der Waals surface area contributed by atoms with Gasteiger partial charge in [0.15, 0.2) is 6.61 Å². The second-order valence-electron chi connectivity index (χ2n) is 9.00. The lowest BCUT2D eigenvalue weighted by molar-refractivity contribution is -0.142. The summed E-state index contributed by atoms with van der Waals surface area (Å²) in [6.07, 6.45) is 2.08. The molecule has 5 nitrogen and oxygen atoms in total. The van der Waals surface area contributed by atoms with Crippen molar-refractivity contribution in [2.45, 2.75) is 52.6 Å². The van der Waals surface area contributed by atoms with Crippen molar-refractivity contribution >= 4 is 11.8 Å². The van der Waals surface area contributed by atoms with Gasteiger partial charge in [-0.25, -0.2) is 4.39 Å². The number of carbonyl (C=O) groups excluding carboxylic acids is 2. The van der Waals surface area contributed by atoms with Crippen molar-refractivity contribution in [1.29, 1.82) is 0 Å². The molecule has 0 spiro atoms. The molecule has 0 fully saturated rings. The number of nitrogens with one attached hydrogen (secondary N) is 1. The van der Waals surface area contributed by atoms with Crippen LogP contribution in [-0.2, 0) is 22.6 Å². The molecule has 36 heavy (non-hydrogen) atoms. The summed E-state index contributed by atoms with van der Waals surface area (Å²) in [6, 6.07) is 20.7. The molecular formula is C30H35FN2O3. The van der Waals surface area contributed by atoms with Gasteiger partial charge in [0.05, 0.1) is 0 Å². The fraction of sp³-hybridized carbons (Fsp3) is 0.333. The van der Waals surface area contributed by atoms with Gasteiger partial charge in [0.1, 0.15) is 17.6 Å². The maximum Gasteiger partial charge on any atom is 0.261 e. The molecule has 0 aliphatic rings. The molecule has 2 amide bonds. The fourth-order valence-electron chi connectivity index (χ4n) is 3.90. The SMILES string of the molecule is CCCCNC(=O)C(Cc1ccccc1)N(Cc1ccccc1F)C(=O)COc1ccc(C)c(C)c1. The average molecular weight is 491 g/mol. The first kappa shape index (κ1) is 26.9. The highest BCUT2D eigenvalue weighted by atomic mass is 19.1. The number of amides is 2. The van der Waals surface area contributed by atoms with Crippen molar-refractivity contribution in [3.8, 4) is 5.75 Å². The molecular weight excluding hydrogens is 455 g/mol. The zero-order valence-electron chi connectivity index (χ0n) is 21.3. The van der Waals surface area contributed by atoms with E-state index in [4.69, 9.17) is 4.74 Å². The monoisotopic (exact) mass is 490 g/mol. The van der Waals surface area contributed by atoms with E-state index in [1.165, 1.54) is 11.0 Å². The summed E-state index contributed by atoms with van der Waals surface area (Å²) in [5.41, 5.74) is 3.44. The molecule has 0 radical (unpaired) electrons. The van der Waals surface area contributed by atoms with Crippen LogP contribution in [0.1, 0.15) is 42.0 Å². The molecule has 0 bridgehead atoms. The molecule has 1 atom stereocenters. The number of aryl methyl sites for hydroxylation is 2. The van der Waals surface area contributed by atoms with Crippen LogP contribution < -0.4 is 10.1 Å². The van der Waals surface area contributed by atoms with Gasteiger partial charge in [-0.2, -0.15) is 0 Å². The Bertz CT molecular complexity index is 1150. The van der Waals surface area contributed by atoms with Gasteiger partial charge in [0, 0.05) is 25.1 Å². The largest absolute Gasteiger partial charge is 0.484 e. The quantitative estimate of drug-likeness (QED) is 0.347. The zero-order valence-corrected chi connectivity index (χ0v) is 21.3. The van der Waals surface area contributed by atoms with Gasteiger partial charge in [0.2, 0.25) is 5.91 Å². The number of nitrogens with zero attached hydrogens (tertiary/aromatic N) is 1. The molecule has 3 rings (SSSR count). The van der Waals surface area contributed by atoms with E-state index in [-0.39, 0.29) is 25.0 Å². The van der Waals surface area contributed by atoms with Crippen LogP contribution in [0.15, 0.2) is 72.8 Å². The van der Waals surface area contributed by atoms with Gasteiger partial charge in [-0.15, -0.1) is 0 Å². The minimum Gasteiger partial charge on any atom is -0.484 e. The summed E-state index contributed by atoms with van der Waals surface area (Å²) in [4.78, 5) is 28.3. The number of unbranched alkanes of at least 4 members (excludes halogenated alkanes) is 1. The Kier molecular flexibility index (Phi) is 10.0. The molecule has 190 valence electrons. The third-order valence-electron chi connectivity index (χ3n) is 6.24. The van der Waals surface area contributed by atoms with Crippen molar-refractivity contribution in [3.05, 3.63) is 101 Å². The zero-order chi connectivity index (χ0) is 25.9.